The lowest BCUT2D eigenvalue weighted by Gasteiger charge is -2.10. The van der Waals surface area contributed by atoms with Crippen molar-refractivity contribution >= 4 is 11.6 Å². The lowest BCUT2D eigenvalue weighted by molar-refractivity contribution is -0.119. The predicted molar refractivity (Wildman–Crippen MR) is 120 cm³/mol. The van der Waals surface area contributed by atoms with E-state index in [0.717, 1.165) is 28.5 Å². The summed E-state index contributed by atoms with van der Waals surface area (Å²) in [6, 6.07) is 22.9. The molecule has 5 heteroatoms. The largest absolute Gasteiger partial charge is 0.489 e. The van der Waals surface area contributed by atoms with E-state index >= 15 is 0 Å². The second kappa shape index (κ2) is 12.3. The first-order valence-electron chi connectivity index (χ1n) is 9.97. The van der Waals surface area contributed by atoms with Gasteiger partial charge in [-0.05, 0) is 48.9 Å². The van der Waals surface area contributed by atoms with Crippen LogP contribution >= 0.6 is 0 Å². The van der Waals surface area contributed by atoms with Crippen molar-refractivity contribution in [3.05, 3.63) is 83.9 Å². The highest BCUT2D eigenvalue weighted by Crippen LogP contribution is 2.26. The Labute approximate surface area is 178 Å². The number of carbonyl (C=O) groups is 1. The molecule has 30 heavy (non-hydrogen) atoms. The zero-order valence-electron chi connectivity index (χ0n) is 18.0. The molecule has 0 fully saturated rings. The Morgan fingerprint density at radius 2 is 1.53 bits per heavy atom. The molecule has 0 unspecified atom stereocenters. The maximum absolute atomic E-state index is 11.5. The third-order valence-corrected chi connectivity index (χ3v) is 3.98. The lowest BCUT2D eigenvalue weighted by Crippen LogP contribution is -2.16. The van der Waals surface area contributed by atoms with Gasteiger partial charge in [0.1, 0.15) is 30.5 Å². The van der Waals surface area contributed by atoms with Crippen molar-refractivity contribution in [2.75, 3.05) is 19.0 Å². The molecule has 0 spiro atoms. The maximum Gasteiger partial charge on any atom is 0.250 e. The highest BCUT2D eigenvalue weighted by atomic mass is 16.5. The molecular formula is C25H29NO4. The van der Waals surface area contributed by atoms with E-state index in [1.807, 2.05) is 93.6 Å². The molecule has 0 bridgehead atoms. The van der Waals surface area contributed by atoms with Crippen LogP contribution in [0.4, 0.5) is 5.69 Å². The van der Waals surface area contributed by atoms with Crippen molar-refractivity contribution in [1.82, 2.24) is 0 Å². The van der Waals surface area contributed by atoms with Crippen molar-refractivity contribution in [3.63, 3.8) is 0 Å². The van der Waals surface area contributed by atoms with Gasteiger partial charge in [-0.3, -0.25) is 4.79 Å². The van der Waals surface area contributed by atoms with Crippen molar-refractivity contribution in [2.24, 2.45) is 0 Å². The minimum atomic E-state index is -0.183. The summed E-state index contributed by atoms with van der Waals surface area (Å²) >= 11 is 0. The topological polar surface area (TPSA) is 56.8 Å². The van der Waals surface area contributed by atoms with Crippen LogP contribution in [0.2, 0.25) is 0 Å². The maximum atomic E-state index is 11.5. The molecule has 3 aromatic rings. The number of hydrogen-bond donors (Lipinski definition) is 1. The normalized spacial score (nSPS) is 9.87. The van der Waals surface area contributed by atoms with Gasteiger partial charge in [0.25, 0.3) is 0 Å². The van der Waals surface area contributed by atoms with Crippen molar-refractivity contribution in [1.29, 1.82) is 0 Å². The second-order valence-electron chi connectivity index (χ2n) is 6.36. The fraction of sp³-hybridized carbons (Fsp3) is 0.240. The number of amides is 1. The van der Waals surface area contributed by atoms with Gasteiger partial charge in [0.2, 0.25) is 5.91 Å². The second-order valence-corrected chi connectivity index (χ2v) is 6.36. The van der Waals surface area contributed by atoms with E-state index in [4.69, 9.17) is 14.2 Å². The Kier molecular flexibility index (Phi) is 9.42. The summed E-state index contributed by atoms with van der Waals surface area (Å²) < 4.78 is 16.5. The molecule has 158 valence electrons. The summed E-state index contributed by atoms with van der Waals surface area (Å²) in [7, 11) is 1.49. The molecule has 0 aliphatic rings. The van der Waals surface area contributed by atoms with E-state index in [0.29, 0.717) is 6.61 Å². The highest BCUT2D eigenvalue weighted by molar-refractivity contribution is 5.91. The van der Waals surface area contributed by atoms with Gasteiger partial charge in [0.15, 0.2) is 0 Å². The Morgan fingerprint density at radius 1 is 0.867 bits per heavy atom. The van der Waals surface area contributed by atoms with Crippen LogP contribution in [-0.2, 0) is 16.1 Å². The van der Waals surface area contributed by atoms with Gasteiger partial charge >= 0.3 is 0 Å². The third kappa shape index (κ3) is 7.60. The van der Waals surface area contributed by atoms with E-state index in [1.165, 1.54) is 12.7 Å². The number of hydrogen-bond acceptors (Lipinski definition) is 4. The summed E-state index contributed by atoms with van der Waals surface area (Å²) in [6.07, 6.45) is 0. The summed E-state index contributed by atoms with van der Waals surface area (Å²) in [5, 5.41) is 2.76. The Bertz CT molecular complexity index is 905. The molecule has 0 radical (unpaired) electrons. The number of methoxy groups -OCH3 is 1. The molecule has 1 N–H and O–H groups in total. The molecule has 0 aliphatic heterocycles. The minimum Gasteiger partial charge on any atom is -0.489 e. The van der Waals surface area contributed by atoms with Crippen molar-refractivity contribution in [3.8, 4) is 17.2 Å². The van der Waals surface area contributed by atoms with Crippen LogP contribution in [0.15, 0.2) is 72.8 Å². The molecule has 3 aromatic carbocycles. The standard InChI is InChI=1S/C23H23NO4.C2H6/c1-17-6-12-20(13-7-17)28-22-5-3-4-21(14-22)27-15-18-8-10-19(11-9-18)24-23(25)16-26-2;1-2/h3-14H,15-16H2,1-2H3,(H,24,25);1-2H3. The molecule has 0 aliphatic carbocycles. The number of benzene rings is 3. The third-order valence-electron chi connectivity index (χ3n) is 3.98. The number of aryl methyl sites for hydroxylation is 1. The van der Waals surface area contributed by atoms with Gasteiger partial charge < -0.3 is 19.5 Å². The van der Waals surface area contributed by atoms with E-state index in [-0.39, 0.29) is 12.5 Å². The smallest absolute Gasteiger partial charge is 0.250 e. The molecule has 0 atom stereocenters. The summed E-state index contributed by atoms with van der Waals surface area (Å²) in [4.78, 5) is 11.5. The van der Waals surface area contributed by atoms with Crippen LogP contribution < -0.4 is 14.8 Å². The lowest BCUT2D eigenvalue weighted by atomic mass is 10.2. The van der Waals surface area contributed by atoms with Crippen LogP contribution in [0.3, 0.4) is 0 Å². The zero-order chi connectivity index (χ0) is 21.8. The molecule has 1 amide bonds. The highest BCUT2D eigenvalue weighted by Gasteiger charge is 2.03. The first-order chi connectivity index (χ1) is 14.6. The van der Waals surface area contributed by atoms with Crippen LogP contribution in [0, 0.1) is 6.92 Å². The molecule has 5 nitrogen and oxygen atoms in total. The van der Waals surface area contributed by atoms with Crippen LogP contribution in [0.1, 0.15) is 25.0 Å². The average molecular weight is 408 g/mol. The quantitative estimate of drug-likeness (QED) is 0.499. The number of nitrogens with one attached hydrogen (secondary N) is 1. The predicted octanol–water partition coefficient (Wildman–Crippen LogP) is 5.98. The average Bonchev–Trinajstić information content (AvgIpc) is 2.77. The van der Waals surface area contributed by atoms with E-state index < -0.39 is 0 Å². The molecule has 0 saturated heterocycles. The minimum absolute atomic E-state index is 0.0336. The van der Waals surface area contributed by atoms with Crippen LogP contribution in [0.5, 0.6) is 17.2 Å². The van der Waals surface area contributed by atoms with Gasteiger partial charge in [0, 0.05) is 18.9 Å². The van der Waals surface area contributed by atoms with Gasteiger partial charge in [-0.2, -0.15) is 0 Å². The molecule has 0 saturated carbocycles. The fourth-order valence-corrected chi connectivity index (χ4v) is 2.55. The van der Waals surface area contributed by atoms with E-state index in [9.17, 15) is 4.79 Å². The molecular weight excluding hydrogens is 378 g/mol. The van der Waals surface area contributed by atoms with E-state index in [2.05, 4.69) is 5.32 Å². The Balaban J connectivity index is 0.00000155. The monoisotopic (exact) mass is 407 g/mol. The molecule has 0 aromatic heterocycles. The first-order valence-corrected chi connectivity index (χ1v) is 9.97. The first kappa shape index (κ1) is 23.0. The van der Waals surface area contributed by atoms with Crippen LogP contribution in [-0.4, -0.2) is 19.6 Å². The Morgan fingerprint density at radius 3 is 2.20 bits per heavy atom. The summed E-state index contributed by atoms with van der Waals surface area (Å²) in [5.41, 5.74) is 2.91. The number of rotatable bonds is 8. The molecule has 0 heterocycles. The van der Waals surface area contributed by atoms with Gasteiger partial charge in [-0.15, -0.1) is 0 Å². The SMILES string of the molecule is CC.COCC(=O)Nc1ccc(COc2cccc(Oc3ccc(C)cc3)c2)cc1. The van der Waals surface area contributed by atoms with Crippen molar-refractivity contribution < 1.29 is 19.0 Å². The van der Waals surface area contributed by atoms with E-state index in [1.54, 1.807) is 0 Å². The van der Waals surface area contributed by atoms with Crippen LogP contribution in [0.25, 0.3) is 0 Å². The van der Waals surface area contributed by atoms with Gasteiger partial charge in [-0.25, -0.2) is 0 Å². The zero-order valence-corrected chi connectivity index (χ0v) is 18.0. The van der Waals surface area contributed by atoms with Crippen molar-refractivity contribution in [2.45, 2.75) is 27.4 Å². The summed E-state index contributed by atoms with van der Waals surface area (Å²) in [6.45, 7) is 6.49. The summed E-state index contributed by atoms with van der Waals surface area (Å²) in [5.74, 6) is 2.05. The van der Waals surface area contributed by atoms with Gasteiger partial charge in [-0.1, -0.05) is 49.7 Å². The number of ether oxygens (including phenoxy) is 3. The Hall–Kier alpha value is -3.31. The number of carbonyl (C=O) groups excluding carboxylic acids is 1. The molecule has 3 rings (SSSR count). The van der Waals surface area contributed by atoms with Gasteiger partial charge in [0.05, 0.1) is 0 Å². The fourth-order valence-electron chi connectivity index (χ4n) is 2.55. The number of anilines is 1.